The van der Waals surface area contributed by atoms with Gasteiger partial charge >= 0.3 is 0 Å². The summed E-state index contributed by atoms with van der Waals surface area (Å²) in [6.07, 6.45) is -0.672. The van der Waals surface area contributed by atoms with E-state index < -0.39 is 6.10 Å². The predicted octanol–water partition coefficient (Wildman–Crippen LogP) is 3.15. The molecule has 0 bridgehead atoms. The van der Waals surface area contributed by atoms with Crippen molar-refractivity contribution in [3.05, 3.63) is 53.7 Å². The number of benzene rings is 2. The van der Waals surface area contributed by atoms with Crippen LogP contribution < -0.4 is 10.1 Å². The molecule has 1 heterocycles. The van der Waals surface area contributed by atoms with E-state index >= 15 is 0 Å². The molecule has 3 aromatic rings. The van der Waals surface area contributed by atoms with Crippen LogP contribution in [0.4, 0.5) is 5.69 Å². The summed E-state index contributed by atoms with van der Waals surface area (Å²) in [6, 6.07) is 14.2. The first-order chi connectivity index (χ1) is 11.6. The Morgan fingerprint density at radius 2 is 2.04 bits per heavy atom. The number of aromatic amines is 1. The highest BCUT2D eigenvalue weighted by Gasteiger charge is 2.15. The van der Waals surface area contributed by atoms with Crippen molar-refractivity contribution in [3.63, 3.8) is 0 Å². The zero-order valence-corrected chi connectivity index (χ0v) is 13.3. The number of amides is 1. The van der Waals surface area contributed by atoms with E-state index in [1.807, 2.05) is 31.2 Å². The molecule has 6 nitrogen and oxygen atoms in total. The molecule has 3 rings (SSSR count). The number of carbonyl (C=O) groups excluding carboxylic acids is 1. The van der Waals surface area contributed by atoms with Crippen LogP contribution in [0.5, 0.6) is 5.75 Å². The topological polar surface area (TPSA) is 90.8 Å². The van der Waals surface area contributed by atoms with Crippen LogP contribution in [0, 0.1) is 18.3 Å². The van der Waals surface area contributed by atoms with Crippen LogP contribution >= 0.6 is 0 Å². The smallest absolute Gasteiger partial charge is 0.265 e. The minimum atomic E-state index is -0.672. The van der Waals surface area contributed by atoms with Gasteiger partial charge in [0.15, 0.2) is 6.10 Å². The van der Waals surface area contributed by atoms with Gasteiger partial charge in [0.05, 0.1) is 17.1 Å². The van der Waals surface area contributed by atoms with Crippen molar-refractivity contribution < 1.29 is 9.53 Å². The van der Waals surface area contributed by atoms with Crippen molar-refractivity contribution in [2.24, 2.45) is 0 Å². The highest BCUT2D eigenvalue weighted by Crippen LogP contribution is 2.20. The van der Waals surface area contributed by atoms with Crippen LogP contribution in [0.15, 0.2) is 42.5 Å². The summed E-state index contributed by atoms with van der Waals surface area (Å²) in [5.41, 5.74) is 2.99. The summed E-state index contributed by atoms with van der Waals surface area (Å²) in [7, 11) is 0. The standard InChI is InChI=1S/C18H16N4O2/c1-11-16-8-5-14(9-17(16)22-21-11)20-18(23)12(2)24-15-6-3-13(10-19)4-7-15/h3-9,12H,1-2H3,(H,20,23)(H,21,22). The number of hydrogen-bond donors (Lipinski definition) is 2. The van der Waals surface area contributed by atoms with E-state index in [1.165, 1.54) is 0 Å². The van der Waals surface area contributed by atoms with Crippen LogP contribution in [-0.4, -0.2) is 22.2 Å². The number of carbonyl (C=O) groups is 1. The number of nitrogens with one attached hydrogen (secondary N) is 2. The second-order valence-corrected chi connectivity index (χ2v) is 5.47. The number of rotatable bonds is 4. The highest BCUT2D eigenvalue weighted by atomic mass is 16.5. The minimum Gasteiger partial charge on any atom is -0.481 e. The average Bonchev–Trinajstić information content (AvgIpc) is 2.96. The minimum absolute atomic E-state index is 0.258. The van der Waals surface area contributed by atoms with Crippen molar-refractivity contribution in [3.8, 4) is 11.8 Å². The van der Waals surface area contributed by atoms with Gasteiger partial charge in [0.25, 0.3) is 5.91 Å². The van der Waals surface area contributed by atoms with E-state index in [4.69, 9.17) is 10.00 Å². The van der Waals surface area contributed by atoms with E-state index in [0.717, 1.165) is 16.6 Å². The third kappa shape index (κ3) is 3.20. The van der Waals surface area contributed by atoms with Crippen molar-refractivity contribution in [1.29, 1.82) is 5.26 Å². The molecule has 0 aliphatic carbocycles. The predicted molar refractivity (Wildman–Crippen MR) is 90.7 cm³/mol. The Morgan fingerprint density at radius 3 is 2.75 bits per heavy atom. The molecule has 2 N–H and O–H groups in total. The molecular formula is C18H16N4O2. The number of aromatic nitrogens is 2. The molecule has 0 spiro atoms. The maximum Gasteiger partial charge on any atom is 0.265 e. The lowest BCUT2D eigenvalue weighted by Crippen LogP contribution is -2.30. The van der Waals surface area contributed by atoms with Crippen molar-refractivity contribution in [2.45, 2.75) is 20.0 Å². The highest BCUT2D eigenvalue weighted by molar-refractivity contribution is 5.96. The average molecular weight is 320 g/mol. The number of nitrogens with zero attached hydrogens (tertiary/aromatic N) is 2. The third-order valence-electron chi connectivity index (χ3n) is 3.68. The van der Waals surface area contributed by atoms with Crippen molar-refractivity contribution in [2.75, 3.05) is 5.32 Å². The maximum absolute atomic E-state index is 12.3. The second-order valence-electron chi connectivity index (χ2n) is 5.47. The van der Waals surface area contributed by atoms with Crippen molar-refractivity contribution in [1.82, 2.24) is 10.2 Å². The molecule has 0 aliphatic rings. The van der Waals surface area contributed by atoms with Gasteiger partial charge in [-0.15, -0.1) is 0 Å². The molecule has 0 aliphatic heterocycles. The van der Waals surface area contributed by atoms with Gasteiger partial charge < -0.3 is 10.1 Å². The Bertz CT molecular complexity index is 922. The lowest BCUT2D eigenvalue weighted by atomic mass is 10.2. The second kappa shape index (κ2) is 6.42. The van der Waals surface area contributed by atoms with Crippen molar-refractivity contribution >= 4 is 22.5 Å². The first kappa shape index (κ1) is 15.6. The van der Waals surface area contributed by atoms with Gasteiger partial charge in [0, 0.05) is 16.8 Å². The summed E-state index contributed by atoms with van der Waals surface area (Å²) < 4.78 is 5.60. The van der Waals surface area contributed by atoms with Gasteiger partial charge in [-0.2, -0.15) is 10.4 Å². The van der Waals surface area contributed by atoms with Gasteiger partial charge in [-0.25, -0.2) is 0 Å². The van der Waals surface area contributed by atoms with Crippen LogP contribution in [0.1, 0.15) is 18.2 Å². The van der Waals surface area contributed by atoms with Gasteiger partial charge in [0.1, 0.15) is 5.75 Å². The van der Waals surface area contributed by atoms with Gasteiger partial charge in [0.2, 0.25) is 0 Å². The largest absolute Gasteiger partial charge is 0.481 e. The normalized spacial score (nSPS) is 11.7. The molecule has 0 fully saturated rings. The van der Waals surface area contributed by atoms with Gasteiger partial charge in [-0.1, -0.05) is 0 Å². The lowest BCUT2D eigenvalue weighted by Gasteiger charge is -2.14. The number of hydrogen-bond acceptors (Lipinski definition) is 4. The Balaban J connectivity index is 1.67. The number of aryl methyl sites for hydroxylation is 1. The summed E-state index contributed by atoms with van der Waals surface area (Å²) >= 11 is 0. The monoisotopic (exact) mass is 320 g/mol. The zero-order chi connectivity index (χ0) is 17.1. The molecular weight excluding hydrogens is 304 g/mol. The molecule has 2 aromatic carbocycles. The van der Waals surface area contributed by atoms with Crippen LogP contribution in [0.2, 0.25) is 0 Å². The number of nitriles is 1. The fraction of sp³-hybridized carbons (Fsp3) is 0.167. The number of anilines is 1. The molecule has 0 radical (unpaired) electrons. The Kier molecular flexibility index (Phi) is 4.17. The molecule has 24 heavy (non-hydrogen) atoms. The van der Waals surface area contributed by atoms with Gasteiger partial charge in [-0.3, -0.25) is 9.89 Å². The molecule has 6 heteroatoms. The Morgan fingerprint density at radius 1 is 1.29 bits per heavy atom. The molecule has 120 valence electrons. The number of H-pyrrole nitrogens is 1. The fourth-order valence-corrected chi connectivity index (χ4v) is 2.33. The maximum atomic E-state index is 12.3. The quantitative estimate of drug-likeness (QED) is 0.772. The SMILES string of the molecule is Cc1[nH]nc2cc(NC(=O)C(C)Oc3ccc(C#N)cc3)ccc12. The van der Waals surface area contributed by atoms with Gasteiger partial charge in [-0.05, 0) is 56.3 Å². The molecule has 0 saturated carbocycles. The first-order valence-corrected chi connectivity index (χ1v) is 7.49. The lowest BCUT2D eigenvalue weighted by molar-refractivity contribution is -0.122. The molecule has 1 amide bonds. The fourth-order valence-electron chi connectivity index (χ4n) is 2.33. The van der Waals surface area contributed by atoms with Crippen LogP contribution in [-0.2, 0) is 4.79 Å². The van der Waals surface area contributed by atoms with E-state index in [2.05, 4.69) is 15.5 Å². The number of ether oxygens (including phenoxy) is 1. The molecule has 1 aromatic heterocycles. The Hall–Kier alpha value is -3.33. The summed E-state index contributed by atoms with van der Waals surface area (Å²) in [4.78, 5) is 12.3. The molecule has 0 saturated heterocycles. The summed E-state index contributed by atoms with van der Waals surface area (Å²) in [5, 5.41) is 19.7. The van der Waals surface area contributed by atoms with E-state index in [0.29, 0.717) is 17.0 Å². The zero-order valence-electron chi connectivity index (χ0n) is 13.3. The Labute approximate surface area is 139 Å². The first-order valence-electron chi connectivity index (χ1n) is 7.49. The van der Waals surface area contributed by atoms with E-state index in [9.17, 15) is 4.79 Å². The summed E-state index contributed by atoms with van der Waals surface area (Å²) in [5.74, 6) is 0.279. The molecule has 1 unspecified atom stereocenters. The van der Waals surface area contributed by atoms with E-state index in [-0.39, 0.29) is 5.91 Å². The summed E-state index contributed by atoms with van der Waals surface area (Å²) in [6.45, 7) is 3.62. The molecule has 1 atom stereocenters. The van der Waals surface area contributed by atoms with E-state index in [1.54, 1.807) is 31.2 Å². The number of fused-ring (bicyclic) bond motifs is 1. The third-order valence-corrected chi connectivity index (χ3v) is 3.68. The van der Waals surface area contributed by atoms with Crippen LogP contribution in [0.25, 0.3) is 10.9 Å². The van der Waals surface area contributed by atoms with Crippen LogP contribution in [0.3, 0.4) is 0 Å².